The lowest BCUT2D eigenvalue weighted by molar-refractivity contribution is 0.0940. The normalized spacial score (nSPS) is 11.9. The fraction of sp³-hybridized carbons (Fsp3) is 0.167. The van der Waals surface area contributed by atoms with E-state index < -0.39 is 0 Å². The molecule has 0 aliphatic heterocycles. The largest absolute Gasteiger partial charge is 0.346 e. The maximum Gasteiger partial charge on any atom is 0.251 e. The minimum absolute atomic E-state index is 0.161. The number of aromatic amines is 1. The first-order chi connectivity index (χ1) is 12.1. The monoisotopic (exact) mass is 356 g/mol. The standard InChI is InChI=1S/C18H17FN4OS/c1-12(14-6-8-16(19)9-7-14)22-17(24)15-4-2-13(3-5-15)10-25-18-20-11-21-23-18/h2-9,11-12H,10H2,1H3,(H,22,24)(H,20,21,23)/t12-/m1/s1. The van der Waals surface area contributed by atoms with Gasteiger partial charge in [-0.15, -0.1) is 0 Å². The molecule has 3 aromatic rings. The lowest BCUT2D eigenvalue weighted by Crippen LogP contribution is -2.26. The smallest absolute Gasteiger partial charge is 0.251 e. The maximum absolute atomic E-state index is 13.0. The summed E-state index contributed by atoms with van der Waals surface area (Å²) in [5, 5.41) is 10.3. The van der Waals surface area contributed by atoms with Crippen molar-refractivity contribution in [3.05, 3.63) is 77.4 Å². The summed E-state index contributed by atoms with van der Waals surface area (Å²) in [6.07, 6.45) is 1.47. The van der Waals surface area contributed by atoms with E-state index in [9.17, 15) is 9.18 Å². The van der Waals surface area contributed by atoms with Crippen LogP contribution in [-0.4, -0.2) is 21.1 Å². The van der Waals surface area contributed by atoms with Crippen molar-refractivity contribution in [2.75, 3.05) is 0 Å². The first-order valence-electron chi connectivity index (χ1n) is 7.75. The highest BCUT2D eigenvalue weighted by atomic mass is 32.2. The summed E-state index contributed by atoms with van der Waals surface area (Å²) in [6, 6.07) is 13.3. The van der Waals surface area contributed by atoms with Gasteiger partial charge in [0.25, 0.3) is 5.91 Å². The summed E-state index contributed by atoms with van der Waals surface area (Å²) in [5.74, 6) is 0.288. The van der Waals surface area contributed by atoms with Gasteiger partial charge in [-0.2, -0.15) is 5.10 Å². The Hall–Kier alpha value is -2.67. The van der Waals surface area contributed by atoms with Gasteiger partial charge < -0.3 is 5.32 Å². The van der Waals surface area contributed by atoms with E-state index in [4.69, 9.17) is 0 Å². The number of aromatic nitrogens is 3. The number of amides is 1. The van der Waals surface area contributed by atoms with Crippen LogP contribution in [0, 0.1) is 5.82 Å². The second kappa shape index (κ2) is 7.94. The van der Waals surface area contributed by atoms with Crippen LogP contribution in [0.3, 0.4) is 0 Å². The minimum atomic E-state index is -0.291. The van der Waals surface area contributed by atoms with E-state index in [1.54, 1.807) is 36.0 Å². The molecule has 1 amide bonds. The average Bonchev–Trinajstić information content (AvgIpc) is 3.14. The molecule has 3 rings (SSSR count). The molecule has 0 bridgehead atoms. The Morgan fingerprint density at radius 2 is 1.92 bits per heavy atom. The minimum Gasteiger partial charge on any atom is -0.346 e. The highest BCUT2D eigenvalue weighted by Gasteiger charge is 2.11. The van der Waals surface area contributed by atoms with Crippen LogP contribution in [0.1, 0.15) is 34.5 Å². The second-order valence-corrected chi connectivity index (χ2v) is 6.49. The van der Waals surface area contributed by atoms with Crippen LogP contribution in [0.25, 0.3) is 0 Å². The van der Waals surface area contributed by atoms with Crippen molar-refractivity contribution in [1.82, 2.24) is 20.5 Å². The summed E-state index contributed by atoms with van der Waals surface area (Å²) in [4.78, 5) is 16.4. The van der Waals surface area contributed by atoms with Crippen LogP contribution in [0.5, 0.6) is 0 Å². The van der Waals surface area contributed by atoms with Crippen LogP contribution in [0.15, 0.2) is 60.0 Å². The molecule has 0 fully saturated rings. The van der Waals surface area contributed by atoms with Gasteiger partial charge in [-0.25, -0.2) is 9.37 Å². The Balaban J connectivity index is 1.57. The van der Waals surface area contributed by atoms with Crippen molar-refractivity contribution >= 4 is 17.7 Å². The van der Waals surface area contributed by atoms with Gasteiger partial charge in [0.2, 0.25) is 0 Å². The average molecular weight is 356 g/mol. The van der Waals surface area contributed by atoms with E-state index in [1.807, 2.05) is 19.1 Å². The van der Waals surface area contributed by atoms with Crippen LogP contribution < -0.4 is 5.32 Å². The molecule has 0 radical (unpaired) electrons. The number of H-pyrrole nitrogens is 1. The molecule has 2 aromatic carbocycles. The predicted octanol–water partition coefficient (Wildman–Crippen LogP) is 3.73. The quantitative estimate of drug-likeness (QED) is 0.660. The second-order valence-electron chi connectivity index (χ2n) is 5.52. The molecule has 0 unspecified atom stereocenters. The molecule has 0 aliphatic rings. The molecular weight excluding hydrogens is 339 g/mol. The Kier molecular flexibility index (Phi) is 5.45. The Bertz CT molecular complexity index is 819. The van der Waals surface area contributed by atoms with Crippen LogP contribution in [0.4, 0.5) is 4.39 Å². The fourth-order valence-electron chi connectivity index (χ4n) is 2.28. The number of hydrogen-bond acceptors (Lipinski definition) is 4. The van der Waals surface area contributed by atoms with Gasteiger partial charge in [-0.1, -0.05) is 36.0 Å². The molecule has 0 spiro atoms. The van der Waals surface area contributed by atoms with Crippen molar-refractivity contribution in [3.63, 3.8) is 0 Å². The third-order valence-corrected chi connectivity index (χ3v) is 4.65. The topological polar surface area (TPSA) is 70.7 Å². The third kappa shape index (κ3) is 4.67. The molecule has 5 nitrogen and oxygen atoms in total. The molecule has 0 saturated heterocycles. The molecule has 2 N–H and O–H groups in total. The number of carbonyl (C=O) groups excluding carboxylic acids is 1. The highest BCUT2D eigenvalue weighted by Crippen LogP contribution is 2.19. The molecule has 0 aliphatic carbocycles. The van der Waals surface area contributed by atoms with E-state index in [2.05, 4.69) is 20.5 Å². The molecule has 25 heavy (non-hydrogen) atoms. The number of carbonyl (C=O) groups is 1. The summed E-state index contributed by atoms with van der Waals surface area (Å²) < 4.78 is 13.0. The number of thioether (sulfide) groups is 1. The van der Waals surface area contributed by atoms with Gasteiger partial charge >= 0.3 is 0 Å². The number of hydrogen-bond donors (Lipinski definition) is 2. The maximum atomic E-state index is 13.0. The molecule has 1 atom stereocenters. The van der Waals surface area contributed by atoms with Crippen molar-refractivity contribution in [2.24, 2.45) is 0 Å². The number of nitrogens with zero attached hydrogens (tertiary/aromatic N) is 2. The first-order valence-corrected chi connectivity index (χ1v) is 8.74. The zero-order valence-corrected chi connectivity index (χ0v) is 14.4. The Labute approximate surface area is 149 Å². The predicted molar refractivity (Wildman–Crippen MR) is 94.7 cm³/mol. The van der Waals surface area contributed by atoms with E-state index >= 15 is 0 Å². The summed E-state index contributed by atoms with van der Waals surface area (Å²) >= 11 is 1.54. The van der Waals surface area contributed by atoms with E-state index in [1.165, 1.54) is 18.5 Å². The summed E-state index contributed by atoms with van der Waals surface area (Å²) in [6.45, 7) is 1.87. The van der Waals surface area contributed by atoms with Gasteiger partial charge in [0.15, 0.2) is 5.16 Å². The van der Waals surface area contributed by atoms with Crippen molar-refractivity contribution in [2.45, 2.75) is 23.9 Å². The van der Waals surface area contributed by atoms with E-state index in [-0.39, 0.29) is 17.8 Å². The number of rotatable bonds is 6. The zero-order valence-electron chi connectivity index (χ0n) is 13.6. The van der Waals surface area contributed by atoms with Crippen LogP contribution in [-0.2, 0) is 5.75 Å². The van der Waals surface area contributed by atoms with Gasteiger partial charge in [0.1, 0.15) is 12.1 Å². The zero-order chi connectivity index (χ0) is 17.6. The van der Waals surface area contributed by atoms with Gasteiger partial charge in [-0.3, -0.25) is 9.89 Å². The molecule has 128 valence electrons. The number of benzene rings is 2. The van der Waals surface area contributed by atoms with Gasteiger partial charge in [-0.05, 0) is 42.3 Å². The highest BCUT2D eigenvalue weighted by molar-refractivity contribution is 7.98. The SMILES string of the molecule is C[C@@H](NC(=O)c1ccc(CSc2ncn[nH]2)cc1)c1ccc(F)cc1. The molecule has 1 aromatic heterocycles. The molecule has 1 heterocycles. The van der Waals surface area contributed by atoms with Crippen LogP contribution >= 0.6 is 11.8 Å². The fourth-order valence-corrected chi connectivity index (χ4v) is 3.02. The molecular formula is C18H17FN4OS. The van der Waals surface area contributed by atoms with E-state index in [0.29, 0.717) is 5.56 Å². The number of halogens is 1. The lowest BCUT2D eigenvalue weighted by atomic mass is 10.1. The third-order valence-electron chi connectivity index (χ3n) is 3.70. The van der Waals surface area contributed by atoms with Crippen LogP contribution in [0.2, 0.25) is 0 Å². The molecule has 7 heteroatoms. The van der Waals surface area contributed by atoms with Crippen molar-refractivity contribution in [3.8, 4) is 0 Å². The van der Waals surface area contributed by atoms with Crippen molar-refractivity contribution in [1.29, 1.82) is 0 Å². The first kappa shape index (κ1) is 17.2. The van der Waals surface area contributed by atoms with Crippen molar-refractivity contribution < 1.29 is 9.18 Å². The van der Waals surface area contributed by atoms with E-state index in [0.717, 1.165) is 22.0 Å². The van der Waals surface area contributed by atoms with Gasteiger partial charge in [0.05, 0.1) is 6.04 Å². The number of nitrogens with one attached hydrogen (secondary N) is 2. The Morgan fingerprint density at radius 3 is 2.56 bits per heavy atom. The summed E-state index contributed by atoms with van der Waals surface area (Å²) in [5.41, 5.74) is 2.53. The summed E-state index contributed by atoms with van der Waals surface area (Å²) in [7, 11) is 0. The van der Waals surface area contributed by atoms with Gasteiger partial charge in [0, 0.05) is 11.3 Å². The molecule has 0 saturated carbocycles. The Morgan fingerprint density at radius 1 is 1.20 bits per heavy atom. The lowest BCUT2D eigenvalue weighted by Gasteiger charge is -2.14.